The van der Waals surface area contributed by atoms with Gasteiger partial charge in [-0.15, -0.1) is 11.3 Å². The standard InChI is InChI=1S/C28H40ClN5O4S/c1-5-25(35)31-22(15-26-32-21-9-8-20(29)14-24(21)39-26)28(37)33-23(19-10-12-38-13-11-19)16-30-27(36)18(4)17-34(6-2)7-3/h8-9,14,19,22-23H,4-7,10-13,15-17H2,1-3H3,(H,30,36)(H,31,35)(H,33,37)/t22-,23+/m0/s1. The Morgan fingerprint density at radius 1 is 1.18 bits per heavy atom. The number of amides is 3. The molecule has 0 bridgehead atoms. The quantitative estimate of drug-likeness (QED) is 0.297. The van der Waals surface area contributed by atoms with Crippen molar-refractivity contribution in [2.75, 3.05) is 39.4 Å². The van der Waals surface area contributed by atoms with E-state index in [2.05, 4.69) is 32.4 Å². The maximum Gasteiger partial charge on any atom is 0.247 e. The highest BCUT2D eigenvalue weighted by Crippen LogP contribution is 2.26. The van der Waals surface area contributed by atoms with Crippen LogP contribution in [0.3, 0.4) is 0 Å². The average Bonchev–Trinajstić information content (AvgIpc) is 3.34. The molecule has 1 aromatic heterocycles. The van der Waals surface area contributed by atoms with Crippen LogP contribution in [0.1, 0.15) is 45.0 Å². The summed E-state index contributed by atoms with van der Waals surface area (Å²) in [5.41, 5.74) is 1.29. The summed E-state index contributed by atoms with van der Waals surface area (Å²) in [4.78, 5) is 45.5. The number of ether oxygens (including phenoxy) is 1. The fraction of sp³-hybridized carbons (Fsp3) is 0.571. The Hall–Kier alpha value is -2.53. The molecule has 214 valence electrons. The molecular weight excluding hydrogens is 538 g/mol. The molecule has 1 aromatic carbocycles. The summed E-state index contributed by atoms with van der Waals surface area (Å²) in [6.45, 7) is 13.4. The minimum Gasteiger partial charge on any atom is -0.381 e. The minimum absolute atomic E-state index is 0.131. The lowest BCUT2D eigenvalue weighted by molar-refractivity contribution is -0.129. The highest BCUT2D eigenvalue weighted by atomic mass is 35.5. The number of halogens is 1. The van der Waals surface area contributed by atoms with Crippen molar-refractivity contribution < 1.29 is 19.1 Å². The highest BCUT2D eigenvalue weighted by molar-refractivity contribution is 7.18. The van der Waals surface area contributed by atoms with Crippen LogP contribution in [0.25, 0.3) is 10.2 Å². The zero-order valence-electron chi connectivity index (χ0n) is 23.1. The third-order valence-electron chi connectivity index (χ3n) is 7.02. The lowest BCUT2D eigenvalue weighted by atomic mass is 9.91. The first-order valence-corrected chi connectivity index (χ1v) is 14.8. The number of nitrogens with one attached hydrogen (secondary N) is 3. The molecule has 3 amide bonds. The highest BCUT2D eigenvalue weighted by Gasteiger charge is 2.30. The first-order chi connectivity index (χ1) is 18.7. The van der Waals surface area contributed by atoms with Crippen LogP contribution in [0, 0.1) is 5.92 Å². The molecule has 0 radical (unpaired) electrons. The maximum atomic E-state index is 13.6. The van der Waals surface area contributed by atoms with Crippen molar-refractivity contribution in [3.05, 3.63) is 40.4 Å². The van der Waals surface area contributed by atoms with Gasteiger partial charge in [-0.25, -0.2) is 4.98 Å². The molecule has 2 aromatic rings. The predicted octanol–water partition coefficient (Wildman–Crippen LogP) is 3.31. The van der Waals surface area contributed by atoms with E-state index in [-0.39, 0.29) is 49.1 Å². The summed E-state index contributed by atoms with van der Waals surface area (Å²) in [6, 6.07) is 4.34. The number of rotatable bonds is 14. The van der Waals surface area contributed by atoms with Crippen LogP contribution in [-0.4, -0.2) is 79.1 Å². The molecule has 0 unspecified atom stereocenters. The van der Waals surface area contributed by atoms with E-state index in [9.17, 15) is 14.4 Å². The molecule has 9 nitrogen and oxygen atoms in total. The lowest BCUT2D eigenvalue weighted by Crippen LogP contribution is -2.55. The van der Waals surface area contributed by atoms with Gasteiger partial charge in [-0.2, -0.15) is 0 Å². The van der Waals surface area contributed by atoms with E-state index in [1.54, 1.807) is 13.0 Å². The van der Waals surface area contributed by atoms with Gasteiger partial charge >= 0.3 is 0 Å². The Labute approximate surface area is 239 Å². The molecule has 11 heteroatoms. The first kappa shape index (κ1) is 31.0. The van der Waals surface area contributed by atoms with E-state index in [0.29, 0.717) is 30.4 Å². The number of aromatic nitrogens is 1. The molecule has 0 saturated carbocycles. The van der Waals surface area contributed by atoms with Gasteiger partial charge in [-0.05, 0) is 50.0 Å². The molecular formula is C28H40ClN5O4S. The summed E-state index contributed by atoms with van der Waals surface area (Å²) < 4.78 is 6.45. The number of carbonyl (C=O) groups is 3. The van der Waals surface area contributed by atoms with Gasteiger partial charge in [0, 0.05) is 55.8 Å². The molecule has 0 aliphatic carbocycles. The van der Waals surface area contributed by atoms with Crippen molar-refractivity contribution in [1.82, 2.24) is 25.8 Å². The van der Waals surface area contributed by atoms with Gasteiger partial charge in [0.05, 0.1) is 15.2 Å². The van der Waals surface area contributed by atoms with Crippen LogP contribution < -0.4 is 16.0 Å². The van der Waals surface area contributed by atoms with Crippen LogP contribution in [0.5, 0.6) is 0 Å². The van der Waals surface area contributed by atoms with Crippen LogP contribution in [0.4, 0.5) is 0 Å². The summed E-state index contributed by atoms with van der Waals surface area (Å²) in [5.74, 6) is -0.618. The second kappa shape index (κ2) is 15.3. The van der Waals surface area contributed by atoms with Crippen molar-refractivity contribution >= 4 is 50.9 Å². The average molecular weight is 578 g/mol. The van der Waals surface area contributed by atoms with Gasteiger partial charge in [0.2, 0.25) is 17.7 Å². The van der Waals surface area contributed by atoms with Crippen molar-refractivity contribution in [2.24, 2.45) is 5.92 Å². The van der Waals surface area contributed by atoms with Crippen molar-refractivity contribution in [3.8, 4) is 0 Å². The molecule has 1 saturated heterocycles. The summed E-state index contributed by atoms with van der Waals surface area (Å²) in [6.07, 6.45) is 2.05. The van der Waals surface area contributed by atoms with E-state index in [4.69, 9.17) is 16.3 Å². The summed E-state index contributed by atoms with van der Waals surface area (Å²) in [5, 5.41) is 10.3. The Morgan fingerprint density at radius 2 is 1.90 bits per heavy atom. The predicted molar refractivity (Wildman–Crippen MR) is 156 cm³/mol. The Kier molecular flexibility index (Phi) is 12.2. The zero-order chi connectivity index (χ0) is 28.4. The fourth-order valence-electron chi connectivity index (χ4n) is 4.57. The smallest absolute Gasteiger partial charge is 0.247 e. The third-order valence-corrected chi connectivity index (χ3v) is 8.30. The lowest BCUT2D eigenvalue weighted by Gasteiger charge is -2.32. The van der Waals surface area contributed by atoms with Gasteiger partial charge in [0.15, 0.2) is 0 Å². The van der Waals surface area contributed by atoms with Crippen molar-refractivity contribution in [1.29, 1.82) is 0 Å². The van der Waals surface area contributed by atoms with E-state index in [1.807, 2.05) is 26.0 Å². The third kappa shape index (κ3) is 9.27. The topological polar surface area (TPSA) is 113 Å². The number of nitrogens with zero attached hydrogens (tertiary/aromatic N) is 2. The van der Waals surface area contributed by atoms with E-state index >= 15 is 0 Å². The van der Waals surface area contributed by atoms with E-state index < -0.39 is 6.04 Å². The Balaban J connectivity index is 1.72. The number of fused-ring (bicyclic) bond motifs is 1. The molecule has 3 rings (SSSR count). The molecule has 0 spiro atoms. The molecule has 3 N–H and O–H groups in total. The maximum absolute atomic E-state index is 13.6. The molecule has 2 heterocycles. The number of hydrogen-bond donors (Lipinski definition) is 3. The molecule has 1 fully saturated rings. The van der Waals surface area contributed by atoms with Gasteiger partial charge in [-0.3, -0.25) is 19.3 Å². The summed E-state index contributed by atoms with van der Waals surface area (Å²) in [7, 11) is 0. The van der Waals surface area contributed by atoms with E-state index in [0.717, 1.165) is 41.2 Å². The number of thiazole rings is 1. The SMILES string of the molecule is C=C(CN(CC)CC)C(=O)NC[C@@H](NC(=O)[C@H](Cc1nc2ccc(Cl)cc2s1)NC(=O)CC)C1CCOCC1. The summed E-state index contributed by atoms with van der Waals surface area (Å²) >= 11 is 7.58. The van der Waals surface area contributed by atoms with Crippen LogP contribution in [0.15, 0.2) is 30.4 Å². The van der Waals surface area contributed by atoms with Crippen molar-refractivity contribution in [3.63, 3.8) is 0 Å². The largest absolute Gasteiger partial charge is 0.381 e. The fourth-order valence-corrected chi connectivity index (χ4v) is 5.86. The zero-order valence-corrected chi connectivity index (χ0v) is 24.6. The minimum atomic E-state index is -0.802. The van der Waals surface area contributed by atoms with Crippen LogP contribution >= 0.6 is 22.9 Å². The monoisotopic (exact) mass is 577 g/mol. The number of likely N-dealkylation sites (N-methyl/N-ethyl adjacent to an activating group) is 1. The molecule has 1 aliphatic rings. The first-order valence-electron chi connectivity index (χ1n) is 13.6. The van der Waals surface area contributed by atoms with Gasteiger partial charge in [0.25, 0.3) is 0 Å². The molecule has 1 aliphatic heterocycles. The van der Waals surface area contributed by atoms with Gasteiger partial charge in [-0.1, -0.05) is 39.0 Å². The number of benzene rings is 1. The number of hydrogen-bond acceptors (Lipinski definition) is 7. The Bertz CT molecular complexity index is 1150. The molecule has 39 heavy (non-hydrogen) atoms. The normalized spacial score (nSPS) is 15.6. The van der Waals surface area contributed by atoms with Crippen LogP contribution in [0.2, 0.25) is 5.02 Å². The van der Waals surface area contributed by atoms with Crippen LogP contribution in [-0.2, 0) is 25.5 Å². The van der Waals surface area contributed by atoms with E-state index in [1.165, 1.54) is 11.3 Å². The molecule has 2 atom stereocenters. The van der Waals surface area contributed by atoms with Gasteiger partial charge < -0.3 is 20.7 Å². The van der Waals surface area contributed by atoms with Crippen molar-refractivity contribution in [2.45, 2.75) is 58.5 Å². The Morgan fingerprint density at radius 3 is 2.56 bits per heavy atom. The number of carbonyl (C=O) groups excluding carboxylic acids is 3. The second-order valence-corrected chi connectivity index (χ2v) is 11.3. The van der Waals surface area contributed by atoms with Gasteiger partial charge in [0.1, 0.15) is 6.04 Å². The second-order valence-electron chi connectivity index (χ2n) is 9.74.